The Morgan fingerprint density at radius 3 is 2.55 bits per heavy atom. The van der Waals surface area contributed by atoms with Gasteiger partial charge < -0.3 is 4.74 Å². The van der Waals surface area contributed by atoms with Gasteiger partial charge in [0.1, 0.15) is 0 Å². The minimum Gasteiger partial charge on any atom is -0.452 e. The summed E-state index contributed by atoms with van der Waals surface area (Å²) in [6.45, 7) is -0.0728. The molecule has 1 fully saturated rings. The Labute approximate surface area is 115 Å². The van der Waals surface area contributed by atoms with E-state index in [1.807, 2.05) is 6.07 Å². The molecule has 0 radical (unpaired) electrons. The highest BCUT2D eigenvalue weighted by atomic mass is 16.5. The van der Waals surface area contributed by atoms with E-state index in [2.05, 4.69) is 0 Å². The van der Waals surface area contributed by atoms with Crippen LogP contribution in [0.5, 0.6) is 0 Å². The number of ether oxygens (including phenoxy) is 1. The van der Waals surface area contributed by atoms with Crippen molar-refractivity contribution >= 4 is 17.8 Å². The van der Waals surface area contributed by atoms with E-state index in [4.69, 9.17) is 10.00 Å². The number of likely N-dealkylation sites (tertiary alicyclic amines) is 1. The van der Waals surface area contributed by atoms with Crippen molar-refractivity contribution in [3.05, 3.63) is 35.4 Å². The average Bonchev–Trinajstić information content (AvgIpc) is 2.90. The summed E-state index contributed by atoms with van der Waals surface area (Å²) in [7, 11) is 0. The topological polar surface area (TPSA) is 87.5 Å². The predicted molar refractivity (Wildman–Crippen MR) is 67.4 cm³/mol. The molecular formula is C14H12N2O4. The predicted octanol–water partition coefficient (Wildman–Crippen LogP) is 0.864. The average molecular weight is 272 g/mol. The zero-order chi connectivity index (χ0) is 14.5. The van der Waals surface area contributed by atoms with Crippen LogP contribution >= 0.6 is 0 Å². The van der Waals surface area contributed by atoms with Gasteiger partial charge in [-0.2, -0.15) is 5.26 Å². The van der Waals surface area contributed by atoms with Crippen molar-refractivity contribution in [3.63, 3.8) is 0 Å². The molecule has 0 aromatic heterocycles. The van der Waals surface area contributed by atoms with Gasteiger partial charge >= 0.3 is 5.97 Å². The fourth-order valence-electron chi connectivity index (χ4n) is 1.88. The van der Waals surface area contributed by atoms with E-state index in [1.54, 1.807) is 0 Å². The first-order chi connectivity index (χ1) is 9.61. The molecule has 0 saturated carbocycles. The van der Waals surface area contributed by atoms with Gasteiger partial charge in [-0.25, -0.2) is 4.79 Å². The summed E-state index contributed by atoms with van der Waals surface area (Å²) in [5.41, 5.74) is 0.685. The molecule has 0 atom stereocenters. The van der Waals surface area contributed by atoms with Crippen LogP contribution in [-0.2, 0) is 14.3 Å². The first-order valence-electron chi connectivity index (χ1n) is 6.12. The molecule has 0 N–H and O–H groups in total. The summed E-state index contributed by atoms with van der Waals surface area (Å²) >= 11 is 0. The number of nitrogens with zero attached hydrogens (tertiary/aromatic N) is 2. The number of carbonyl (C=O) groups excluding carboxylic acids is 3. The molecule has 1 aromatic carbocycles. The number of rotatable bonds is 3. The highest BCUT2D eigenvalue weighted by molar-refractivity contribution is 5.98. The third kappa shape index (κ3) is 3.01. The van der Waals surface area contributed by atoms with Crippen molar-refractivity contribution in [1.82, 2.24) is 4.90 Å². The highest BCUT2D eigenvalue weighted by Crippen LogP contribution is 2.10. The summed E-state index contributed by atoms with van der Waals surface area (Å²) in [5, 5.41) is 8.64. The first-order valence-corrected chi connectivity index (χ1v) is 6.12. The molecule has 2 amide bonds. The van der Waals surface area contributed by atoms with Crippen LogP contribution in [0.3, 0.4) is 0 Å². The molecule has 0 bridgehead atoms. The lowest BCUT2D eigenvalue weighted by atomic mass is 10.1. The van der Waals surface area contributed by atoms with E-state index >= 15 is 0 Å². The number of imide groups is 1. The van der Waals surface area contributed by atoms with Crippen LogP contribution in [0.25, 0.3) is 0 Å². The molecule has 2 rings (SSSR count). The maximum Gasteiger partial charge on any atom is 0.338 e. The van der Waals surface area contributed by atoms with Gasteiger partial charge in [0.2, 0.25) is 5.91 Å². The van der Waals surface area contributed by atoms with Gasteiger partial charge in [0, 0.05) is 13.0 Å². The molecule has 20 heavy (non-hydrogen) atoms. The second-order valence-corrected chi connectivity index (χ2v) is 4.31. The fraction of sp³-hybridized carbons (Fsp3) is 0.286. The molecule has 0 spiro atoms. The molecule has 1 heterocycles. The van der Waals surface area contributed by atoms with Crippen molar-refractivity contribution in [2.24, 2.45) is 0 Å². The largest absolute Gasteiger partial charge is 0.452 e. The first kappa shape index (κ1) is 13.7. The quantitative estimate of drug-likeness (QED) is 0.762. The van der Waals surface area contributed by atoms with Crippen molar-refractivity contribution in [1.29, 1.82) is 5.26 Å². The standard InChI is InChI=1S/C14H12N2O4/c15-8-10-3-5-11(6-4-10)14(19)20-9-13(18)16-7-1-2-12(16)17/h3-6H,1-2,7,9H2. The van der Waals surface area contributed by atoms with E-state index in [9.17, 15) is 14.4 Å². The van der Waals surface area contributed by atoms with Crippen LogP contribution in [0, 0.1) is 11.3 Å². The van der Waals surface area contributed by atoms with Crippen LogP contribution in [0.2, 0.25) is 0 Å². The Bertz CT molecular complexity index is 586. The molecule has 1 aromatic rings. The number of esters is 1. The van der Waals surface area contributed by atoms with Gasteiger partial charge in [-0.05, 0) is 30.7 Å². The number of carbonyl (C=O) groups is 3. The van der Waals surface area contributed by atoms with Gasteiger partial charge in [0.25, 0.3) is 5.91 Å². The van der Waals surface area contributed by atoms with Crippen molar-refractivity contribution in [2.45, 2.75) is 12.8 Å². The molecule has 0 unspecified atom stereocenters. The normalized spacial score (nSPS) is 13.9. The molecule has 6 nitrogen and oxygen atoms in total. The molecule has 102 valence electrons. The maximum atomic E-state index is 11.7. The lowest BCUT2D eigenvalue weighted by Crippen LogP contribution is -2.35. The molecule has 1 saturated heterocycles. The van der Waals surface area contributed by atoms with Crippen LogP contribution in [0.1, 0.15) is 28.8 Å². The van der Waals surface area contributed by atoms with E-state index < -0.39 is 18.5 Å². The smallest absolute Gasteiger partial charge is 0.338 e. The zero-order valence-electron chi connectivity index (χ0n) is 10.7. The lowest BCUT2D eigenvalue weighted by molar-refractivity contribution is -0.143. The molecule has 6 heteroatoms. The number of amides is 2. The van der Waals surface area contributed by atoms with E-state index in [0.717, 1.165) is 4.90 Å². The Morgan fingerprint density at radius 1 is 1.30 bits per heavy atom. The third-order valence-electron chi connectivity index (χ3n) is 2.95. The number of hydrogen-bond acceptors (Lipinski definition) is 5. The monoisotopic (exact) mass is 272 g/mol. The van der Waals surface area contributed by atoms with Crippen molar-refractivity contribution < 1.29 is 19.1 Å². The fourth-order valence-corrected chi connectivity index (χ4v) is 1.88. The Hall–Kier alpha value is -2.68. The van der Waals surface area contributed by atoms with E-state index in [-0.39, 0.29) is 11.5 Å². The molecular weight excluding hydrogens is 260 g/mol. The SMILES string of the molecule is N#Cc1ccc(C(=O)OCC(=O)N2CCCC2=O)cc1. The second-order valence-electron chi connectivity index (χ2n) is 4.31. The highest BCUT2D eigenvalue weighted by Gasteiger charge is 2.27. The number of benzene rings is 1. The van der Waals surface area contributed by atoms with Crippen LogP contribution in [-0.4, -0.2) is 35.8 Å². The summed E-state index contributed by atoms with van der Waals surface area (Å²) in [6.07, 6.45) is 1.00. The maximum absolute atomic E-state index is 11.7. The zero-order valence-corrected chi connectivity index (χ0v) is 10.7. The number of nitriles is 1. The van der Waals surface area contributed by atoms with Gasteiger partial charge in [0.05, 0.1) is 17.2 Å². The van der Waals surface area contributed by atoms with Gasteiger partial charge in [0.15, 0.2) is 6.61 Å². The van der Waals surface area contributed by atoms with Crippen molar-refractivity contribution in [3.8, 4) is 6.07 Å². The Morgan fingerprint density at radius 2 is 2.00 bits per heavy atom. The molecule has 1 aliphatic rings. The second kappa shape index (κ2) is 5.97. The number of hydrogen-bond donors (Lipinski definition) is 0. The van der Waals surface area contributed by atoms with Crippen LogP contribution in [0.4, 0.5) is 0 Å². The third-order valence-corrected chi connectivity index (χ3v) is 2.95. The Balaban J connectivity index is 1.90. The molecule has 1 aliphatic heterocycles. The summed E-state index contributed by atoms with van der Waals surface area (Å²) in [4.78, 5) is 35.8. The van der Waals surface area contributed by atoms with Crippen molar-refractivity contribution in [2.75, 3.05) is 13.2 Å². The Kier molecular flexibility index (Phi) is 4.11. The summed E-state index contributed by atoms with van der Waals surface area (Å²) < 4.78 is 4.86. The van der Waals surface area contributed by atoms with Gasteiger partial charge in [-0.3, -0.25) is 14.5 Å². The van der Waals surface area contributed by atoms with E-state index in [1.165, 1.54) is 24.3 Å². The lowest BCUT2D eigenvalue weighted by Gasteiger charge is -2.13. The van der Waals surface area contributed by atoms with E-state index in [0.29, 0.717) is 24.9 Å². The summed E-state index contributed by atoms with van der Waals surface area (Å²) in [5.74, 6) is -1.39. The molecule has 0 aliphatic carbocycles. The minimum absolute atomic E-state index is 0.232. The van der Waals surface area contributed by atoms with Crippen LogP contribution < -0.4 is 0 Å². The summed E-state index contributed by atoms with van der Waals surface area (Å²) in [6, 6.07) is 7.81. The van der Waals surface area contributed by atoms with Gasteiger partial charge in [-0.15, -0.1) is 0 Å². The van der Waals surface area contributed by atoms with Crippen LogP contribution in [0.15, 0.2) is 24.3 Å². The van der Waals surface area contributed by atoms with Gasteiger partial charge in [-0.1, -0.05) is 0 Å². The minimum atomic E-state index is -0.658.